The average molecular weight is 304 g/mol. The molecule has 1 aromatic heterocycles. The summed E-state index contributed by atoms with van der Waals surface area (Å²) in [5, 5.41) is 11.7. The molecule has 1 aliphatic rings. The third-order valence-electron chi connectivity index (χ3n) is 3.39. The molecule has 112 valence electrons. The molecule has 0 aromatic carbocycles. The first kappa shape index (κ1) is 15.9. The number of carbonyl (C=O) groups excluding carboxylic acids is 1. The Kier molecular flexibility index (Phi) is 5.66. The third-order valence-corrected chi connectivity index (χ3v) is 4.93. The number of hydrogen-bond donors (Lipinski definition) is 2. The second kappa shape index (κ2) is 7.48. The van der Waals surface area contributed by atoms with Gasteiger partial charge in [0.15, 0.2) is 0 Å². The minimum absolute atomic E-state index is 0.0385. The molecule has 1 saturated heterocycles. The van der Waals surface area contributed by atoms with Crippen molar-refractivity contribution in [3.05, 3.63) is 29.6 Å². The van der Waals surface area contributed by atoms with E-state index < -0.39 is 0 Å². The van der Waals surface area contributed by atoms with E-state index in [1.54, 1.807) is 18.5 Å². The highest BCUT2D eigenvalue weighted by Gasteiger charge is 2.29. The van der Waals surface area contributed by atoms with Crippen molar-refractivity contribution in [1.29, 1.82) is 0 Å². The minimum Gasteiger partial charge on any atom is -0.395 e. The molecule has 5 heteroatoms. The first-order valence-electron chi connectivity index (χ1n) is 7.10. The van der Waals surface area contributed by atoms with Crippen molar-refractivity contribution in [2.75, 3.05) is 18.9 Å². The van der Waals surface area contributed by atoms with Gasteiger partial charge in [-0.2, -0.15) is 11.8 Å². The number of thioether (sulfide) groups is 1. The van der Waals surface area contributed by atoms with Gasteiger partial charge < -0.3 is 10.4 Å². The standard InChI is InChI=1S/C16H20N2O2S/c1-16(6-4-8-21-16)12-18-15(20)14-9-13(10-17-11-14)5-2-3-7-19/h9-11,19H,3-4,6-8,12H2,1H3,(H,18,20). The molecule has 0 saturated carbocycles. The van der Waals surface area contributed by atoms with Crippen LogP contribution >= 0.6 is 11.8 Å². The summed E-state index contributed by atoms with van der Waals surface area (Å²) in [6.07, 6.45) is 5.95. The maximum absolute atomic E-state index is 12.2. The lowest BCUT2D eigenvalue weighted by atomic mass is 10.1. The molecule has 1 aromatic rings. The maximum atomic E-state index is 12.2. The van der Waals surface area contributed by atoms with E-state index in [2.05, 4.69) is 29.1 Å². The zero-order valence-electron chi connectivity index (χ0n) is 12.2. The SMILES string of the molecule is CC1(CNC(=O)c2cncc(C#CCCO)c2)CCCS1. The van der Waals surface area contributed by atoms with Gasteiger partial charge in [-0.3, -0.25) is 9.78 Å². The minimum atomic E-state index is -0.109. The van der Waals surface area contributed by atoms with Crippen molar-refractivity contribution in [3.8, 4) is 11.8 Å². The highest BCUT2D eigenvalue weighted by atomic mass is 32.2. The van der Waals surface area contributed by atoms with Crippen LogP contribution in [0.25, 0.3) is 0 Å². The predicted molar refractivity (Wildman–Crippen MR) is 85.2 cm³/mol. The van der Waals surface area contributed by atoms with E-state index >= 15 is 0 Å². The van der Waals surface area contributed by atoms with Crippen molar-refractivity contribution >= 4 is 17.7 Å². The van der Waals surface area contributed by atoms with Gasteiger partial charge in [-0.15, -0.1) is 0 Å². The number of aliphatic hydroxyl groups is 1. The molecule has 0 aliphatic carbocycles. The largest absolute Gasteiger partial charge is 0.395 e. The van der Waals surface area contributed by atoms with Crippen LogP contribution in [0.15, 0.2) is 18.5 Å². The second-order valence-electron chi connectivity index (χ2n) is 5.32. The van der Waals surface area contributed by atoms with E-state index in [1.165, 1.54) is 12.2 Å². The lowest BCUT2D eigenvalue weighted by Crippen LogP contribution is -2.36. The van der Waals surface area contributed by atoms with E-state index in [-0.39, 0.29) is 17.3 Å². The molecule has 1 fully saturated rings. The smallest absolute Gasteiger partial charge is 0.252 e. The molecule has 21 heavy (non-hydrogen) atoms. The van der Waals surface area contributed by atoms with Crippen LogP contribution in [-0.2, 0) is 0 Å². The lowest BCUT2D eigenvalue weighted by Gasteiger charge is -2.22. The summed E-state index contributed by atoms with van der Waals surface area (Å²) in [5.74, 6) is 6.78. The molecule has 4 nitrogen and oxygen atoms in total. The van der Waals surface area contributed by atoms with Gasteiger partial charge in [0.25, 0.3) is 5.91 Å². The fraction of sp³-hybridized carbons (Fsp3) is 0.500. The van der Waals surface area contributed by atoms with Crippen LogP contribution in [0, 0.1) is 11.8 Å². The first-order chi connectivity index (χ1) is 10.1. The number of pyridine rings is 1. The zero-order chi connectivity index (χ0) is 15.1. The summed E-state index contributed by atoms with van der Waals surface area (Å²) in [7, 11) is 0. The average Bonchev–Trinajstić information content (AvgIpc) is 2.93. The van der Waals surface area contributed by atoms with Gasteiger partial charge in [0.1, 0.15) is 0 Å². The molecule has 1 atom stereocenters. The number of hydrogen-bond acceptors (Lipinski definition) is 4. The van der Waals surface area contributed by atoms with Gasteiger partial charge >= 0.3 is 0 Å². The van der Waals surface area contributed by atoms with Crippen LogP contribution in [0.4, 0.5) is 0 Å². The number of rotatable bonds is 4. The van der Waals surface area contributed by atoms with Crippen molar-refractivity contribution in [2.24, 2.45) is 0 Å². The summed E-state index contributed by atoms with van der Waals surface area (Å²) in [5.41, 5.74) is 1.22. The normalized spacial score (nSPS) is 20.7. The number of nitrogens with zero attached hydrogens (tertiary/aromatic N) is 1. The van der Waals surface area contributed by atoms with E-state index in [0.29, 0.717) is 24.1 Å². The Balaban J connectivity index is 1.96. The number of aliphatic hydroxyl groups excluding tert-OH is 1. The number of carbonyl (C=O) groups is 1. The third kappa shape index (κ3) is 4.76. The number of aromatic nitrogens is 1. The monoisotopic (exact) mass is 304 g/mol. The van der Waals surface area contributed by atoms with Crippen LogP contribution in [0.5, 0.6) is 0 Å². The van der Waals surface area contributed by atoms with E-state index in [4.69, 9.17) is 5.11 Å². The molecule has 2 heterocycles. The summed E-state index contributed by atoms with van der Waals surface area (Å²) < 4.78 is 0.154. The summed E-state index contributed by atoms with van der Waals surface area (Å²) >= 11 is 1.92. The Morgan fingerprint density at radius 3 is 3.14 bits per heavy atom. The summed E-state index contributed by atoms with van der Waals surface area (Å²) in [4.78, 5) is 16.2. The first-order valence-corrected chi connectivity index (χ1v) is 8.08. The van der Waals surface area contributed by atoms with Gasteiger partial charge in [0.2, 0.25) is 0 Å². The number of amides is 1. The molecular formula is C16H20N2O2S. The zero-order valence-corrected chi connectivity index (χ0v) is 13.0. The fourth-order valence-electron chi connectivity index (χ4n) is 2.20. The fourth-order valence-corrected chi connectivity index (χ4v) is 3.44. The van der Waals surface area contributed by atoms with E-state index in [9.17, 15) is 4.79 Å². The summed E-state index contributed by atoms with van der Waals surface area (Å²) in [6.45, 7) is 2.91. The molecule has 1 aliphatic heterocycles. The van der Waals surface area contributed by atoms with Crippen LogP contribution < -0.4 is 5.32 Å². The Labute approximate surface area is 129 Å². The molecule has 0 radical (unpaired) electrons. The van der Waals surface area contributed by atoms with Crippen molar-refractivity contribution in [3.63, 3.8) is 0 Å². The molecule has 2 rings (SSSR count). The molecule has 1 amide bonds. The van der Waals surface area contributed by atoms with Crippen LogP contribution in [0.1, 0.15) is 42.1 Å². The van der Waals surface area contributed by atoms with E-state index in [1.807, 2.05) is 11.8 Å². The van der Waals surface area contributed by atoms with Crippen molar-refractivity contribution in [1.82, 2.24) is 10.3 Å². The van der Waals surface area contributed by atoms with Crippen LogP contribution in [-0.4, -0.2) is 39.6 Å². The Morgan fingerprint density at radius 2 is 2.43 bits per heavy atom. The topological polar surface area (TPSA) is 62.2 Å². The van der Waals surface area contributed by atoms with Gasteiger partial charge in [-0.05, 0) is 31.6 Å². The second-order valence-corrected chi connectivity index (χ2v) is 7.00. The van der Waals surface area contributed by atoms with Gasteiger partial charge in [0, 0.05) is 35.7 Å². The highest BCUT2D eigenvalue weighted by molar-refractivity contribution is 8.00. The van der Waals surface area contributed by atoms with Gasteiger partial charge in [-0.1, -0.05) is 11.8 Å². The Hall–Kier alpha value is -1.51. The van der Waals surface area contributed by atoms with Gasteiger partial charge in [0.05, 0.1) is 12.2 Å². The lowest BCUT2D eigenvalue weighted by molar-refractivity contribution is 0.0949. The predicted octanol–water partition coefficient (Wildman–Crippen LogP) is 1.83. The number of nitrogens with one attached hydrogen (secondary N) is 1. The Bertz CT molecular complexity index is 557. The van der Waals surface area contributed by atoms with Gasteiger partial charge in [-0.25, -0.2) is 0 Å². The van der Waals surface area contributed by atoms with E-state index in [0.717, 1.165) is 6.42 Å². The quantitative estimate of drug-likeness (QED) is 0.833. The maximum Gasteiger partial charge on any atom is 0.252 e. The molecule has 0 bridgehead atoms. The Morgan fingerprint density at radius 1 is 1.57 bits per heavy atom. The molecule has 1 unspecified atom stereocenters. The summed E-state index contributed by atoms with van der Waals surface area (Å²) in [6, 6.07) is 1.73. The van der Waals surface area contributed by atoms with Crippen molar-refractivity contribution < 1.29 is 9.90 Å². The molecular weight excluding hydrogens is 284 g/mol. The molecule has 2 N–H and O–H groups in total. The molecule has 0 spiro atoms. The highest BCUT2D eigenvalue weighted by Crippen LogP contribution is 2.36. The van der Waals surface area contributed by atoms with Crippen molar-refractivity contribution in [2.45, 2.75) is 30.9 Å². The van der Waals surface area contributed by atoms with Crippen LogP contribution in [0.3, 0.4) is 0 Å². The van der Waals surface area contributed by atoms with Crippen LogP contribution in [0.2, 0.25) is 0 Å².